The molecule has 65 heavy (non-hydrogen) atoms. The number of piperazine rings is 2. The minimum absolute atomic E-state index is 0.0187. The Kier molecular flexibility index (Phi) is 16.1. The Balaban J connectivity index is 0.000000236. The van der Waals surface area contributed by atoms with Gasteiger partial charge in [0.25, 0.3) is 0 Å². The monoisotopic (exact) mass is 1010 g/mol. The highest BCUT2D eigenvalue weighted by Crippen LogP contribution is 2.33. The van der Waals surface area contributed by atoms with E-state index in [9.17, 15) is 19.2 Å². The zero-order valence-electron chi connectivity index (χ0n) is 42.2. The summed E-state index contributed by atoms with van der Waals surface area (Å²) in [5.74, 6) is -0.587. The number of anilines is 1. The SMILES string of the molecule is CC1(C)CN(C(=O)OC(C)(C)C)CCN1.Cn1cc(C(=O)OC(C)(C)C)c2ccc(I)cc21.Cn1cc(C(=O)OC(C)(C)C)c2ccc(N3CCN(C(=O)OC(C)(C)C)CC3(C)C)cc21. The molecule has 6 rings (SSSR count). The molecule has 14 nitrogen and oxygen atoms in total. The van der Waals surface area contributed by atoms with E-state index >= 15 is 0 Å². The lowest BCUT2D eigenvalue weighted by Gasteiger charge is -2.48. The maximum absolute atomic E-state index is 12.7. The van der Waals surface area contributed by atoms with Crippen molar-refractivity contribution in [3.05, 3.63) is 63.5 Å². The van der Waals surface area contributed by atoms with Crippen LogP contribution >= 0.6 is 22.6 Å². The molecule has 2 aromatic heterocycles. The summed E-state index contributed by atoms with van der Waals surface area (Å²) in [6, 6.07) is 12.2. The number of benzene rings is 2. The van der Waals surface area contributed by atoms with Crippen molar-refractivity contribution in [3.8, 4) is 0 Å². The second kappa shape index (κ2) is 19.8. The Morgan fingerprint density at radius 2 is 1.02 bits per heavy atom. The third-order valence-electron chi connectivity index (χ3n) is 10.3. The van der Waals surface area contributed by atoms with Gasteiger partial charge >= 0.3 is 24.1 Å². The van der Waals surface area contributed by atoms with E-state index in [2.05, 4.69) is 72.6 Å². The number of rotatable bonds is 3. The van der Waals surface area contributed by atoms with Crippen LogP contribution in [0.1, 0.15) is 131 Å². The second-order valence-electron chi connectivity index (χ2n) is 22.3. The molecule has 2 amide bonds. The number of amides is 2. The van der Waals surface area contributed by atoms with Crippen molar-refractivity contribution in [2.75, 3.05) is 44.2 Å². The Labute approximate surface area is 400 Å². The van der Waals surface area contributed by atoms with E-state index in [0.717, 1.165) is 44.2 Å². The van der Waals surface area contributed by atoms with Gasteiger partial charge in [-0.1, -0.05) is 6.07 Å². The van der Waals surface area contributed by atoms with Crippen molar-refractivity contribution >= 4 is 74.2 Å². The van der Waals surface area contributed by atoms with Crippen LogP contribution in [0.2, 0.25) is 0 Å². The number of carbonyl (C=O) groups excluding carboxylic acids is 4. The van der Waals surface area contributed by atoms with Crippen LogP contribution in [0.25, 0.3) is 21.8 Å². The molecule has 2 aliphatic rings. The van der Waals surface area contributed by atoms with Crippen LogP contribution in [0.4, 0.5) is 15.3 Å². The minimum atomic E-state index is -0.545. The summed E-state index contributed by atoms with van der Waals surface area (Å²) in [5.41, 5.74) is 2.03. The molecular weight excluding hydrogens is 939 g/mol. The summed E-state index contributed by atoms with van der Waals surface area (Å²) in [4.78, 5) is 55.0. The number of nitrogens with zero attached hydrogens (tertiary/aromatic N) is 5. The number of hydrogen-bond donors (Lipinski definition) is 1. The van der Waals surface area contributed by atoms with Gasteiger partial charge in [0.05, 0.1) is 22.2 Å². The number of aryl methyl sites for hydroxylation is 2. The Morgan fingerprint density at radius 3 is 1.45 bits per heavy atom. The minimum Gasteiger partial charge on any atom is -0.456 e. The summed E-state index contributed by atoms with van der Waals surface area (Å²) in [7, 11) is 3.87. The van der Waals surface area contributed by atoms with Gasteiger partial charge in [-0.15, -0.1) is 0 Å². The highest BCUT2D eigenvalue weighted by molar-refractivity contribution is 14.1. The second-order valence-corrected chi connectivity index (χ2v) is 23.5. The first-order valence-electron chi connectivity index (χ1n) is 22.3. The Hall–Kier alpha value is -4.51. The standard InChI is InChI=1S/C25H37N3O4.C14H16INO2.C11H22N2O2/c1-23(2,3)31-21(29)19-15-26(9)20-14-17(10-11-18(19)20)28-13-12-27(16-25(28,7)8)22(30)32-24(4,5)6;1-14(2,3)18-13(17)11-8-16(4)12-7-9(15)5-6-10(11)12;1-10(2,3)15-9(14)13-7-6-12-11(4,5)8-13/h10-11,14-15H,12-13,16H2,1-9H3;5-8H,1-4H3;12H,6-8H2,1-5H3. The zero-order valence-corrected chi connectivity index (χ0v) is 44.4. The van der Waals surface area contributed by atoms with Gasteiger partial charge in [0, 0.05) is 96.8 Å². The molecular formula is C50H75IN6O8. The molecule has 0 saturated carbocycles. The van der Waals surface area contributed by atoms with Crippen LogP contribution < -0.4 is 10.2 Å². The smallest absolute Gasteiger partial charge is 0.410 e. The van der Waals surface area contributed by atoms with Gasteiger partial charge in [0.1, 0.15) is 22.4 Å². The lowest BCUT2D eigenvalue weighted by molar-refractivity contribution is 0.00590. The van der Waals surface area contributed by atoms with E-state index < -0.39 is 22.4 Å². The zero-order chi connectivity index (χ0) is 49.2. The van der Waals surface area contributed by atoms with Crippen LogP contribution in [0, 0.1) is 3.57 Å². The summed E-state index contributed by atoms with van der Waals surface area (Å²) in [6.45, 7) is 35.1. The molecule has 2 aromatic carbocycles. The molecule has 0 spiro atoms. The van der Waals surface area contributed by atoms with E-state index in [0.29, 0.717) is 37.3 Å². The highest BCUT2D eigenvalue weighted by atomic mass is 127. The van der Waals surface area contributed by atoms with Crippen LogP contribution in [-0.4, -0.2) is 116 Å². The molecule has 0 unspecified atom stereocenters. The van der Waals surface area contributed by atoms with Crippen molar-refractivity contribution in [3.63, 3.8) is 0 Å². The summed E-state index contributed by atoms with van der Waals surface area (Å²) in [6.07, 6.45) is 3.17. The van der Waals surface area contributed by atoms with Crippen LogP contribution in [-0.2, 0) is 33.0 Å². The molecule has 1 N–H and O–H groups in total. The third kappa shape index (κ3) is 15.3. The Bertz CT molecular complexity index is 2350. The quantitative estimate of drug-likeness (QED) is 0.120. The van der Waals surface area contributed by atoms with Gasteiger partial charge < -0.3 is 48.1 Å². The predicted molar refractivity (Wildman–Crippen MR) is 268 cm³/mol. The first-order chi connectivity index (χ1) is 29.5. The molecule has 4 heterocycles. The lowest BCUT2D eigenvalue weighted by Crippen LogP contribution is -2.61. The van der Waals surface area contributed by atoms with Gasteiger partial charge in [-0.05, 0) is 164 Å². The maximum atomic E-state index is 12.7. The van der Waals surface area contributed by atoms with E-state index in [-0.39, 0.29) is 35.2 Å². The van der Waals surface area contributed by atoms with E-state index in [1.165, 1.54) is 0 Å². The van der Waals surface area contributed by atoms with E-state index in [1.54, 1.807) is 9.80 Å². The first kappa shape index (κ1) is 53.1. The van der Waals surface area contributed by atoms with Crippen molar-refractivity contribution < 1.29 is 38.1 Å². The summed E-state index contributed by atoms with van der Waals surface area (Å²) in [5, 5.41) is 5.16. The number of esters is 2. The van der Waals surface area contributed by atoms with Crippen LogP contribution in [0.3, 0.4) is 0 Å². The van der Waals surface area contributed by atoms with Gasteiger partial charge in [0.15, 0.2) is 0 Å². The molecule has 0 atom stereocenters. The molecule has 2 aliphatic heterocycles. The fourth-order valence-electron chi connectivity index (χ4n) is 7.63. The Morgan fingerprint density at radius 1 is 0.585 bits per heavy atom. The number of carbonyl (C=O) groups is 4. The van der Waals surface area contributed by atoms with Gasteiger partial charge in [0.2, 0.25) is 0 Å². The van der Waals surface area contributed by atoms with Crippen LogP contribution in [0.5, 0.6) is 0 Å². The number of fused-ring (bicyclic) bond motifs is 2. The van der Waals surface area contributed by atoms with Gasteiger partial charge in [-0.2, -0.15) is 0 Å². The number of halogens is 1. The largest absolute Gasteiger partial charge is 0.456 e. The average molecular weight is 1020 g/mol. The predicted octanol–water partition coefficient (Wildman–Crippen LogP) is 10.3. The average Bonchev–Trinajstić information content (AvgIpc) is 3.64. The number of aromatic nitrogens is 2. The van der Waals surface area contributed by atoms with Crippen LogP contribution in [0.15, 0.2) is 48.8 Å². The number of nitrogens with one attached hydrogen (secondary N) is 1. The topological polar surface area (TPSA) is 137 Å². The number of hydrogen-bond acceptors (Lipinski definition) is 10. The summed E-state index contributed by atoms with van der Waals surface area (Å²) < 4.78 is 27.0. The highest BCUT2D eigenvalue weighted by Gasteiger charge is 2.38. The molecule has 0 bridgehead atoms. The molecule has 2 fully saturated rings. The summed E-state index contributed by atoms with van der Waals surface area (Å²) >= 11 is 2.26. The lowest BCUT2D eigenvalue weighted by atomic mass is 9.97. The third-order valence-corrected chi connectivity index (χ3v) is 10.9. The van der Waals surface area contributed by atoms with Crippen molar-refractivity contribution in [1.29, 1.82) is 0 Å². The molecule has 15 heteroatoms. The fraction of sp³-hybridized carbons (Fsp3) is 0.600. The van der Waals surface area contributed by atoms with E-state index in [1.807, 2.05) is 143 Å². The first-order valence-corrected chi connectivity index (χ1v) is 23.4. The van der Waals surface area contributed by atoms with Gasteiger partial charge in [-0.3, -0.25) is 0 Å². The van der Waals surface area contributed by atoms with Crippen molar-refractivity contribution in [1.82, 2.24) is 24.3 Å². The van der Waals surface area contributed by atoms with E-state index in [4.69, 9.17) is 18.9 Å². The molecule has 0 aliphatic carbocycles. The molecule has 2 saturated heterocycles. The fourth-order valence-corrected chi connectivity index (χ4v) is 8.10. The maximum Gasteiger partial charge on any atom is 0.410 e. The normalized spacial score (nSPS) is 16.5. The molecule has 0 radical (unpaired) electrons. The van der Waals surface area contributed by atoms with Gasteiger partial charge in [-0.25, -0.2) is 19.2 Å². The number of ether oxygens (including phenoxy) is 4. The van der Waals surface area contributed by atoms with Crippen molar-refractivity contribution in [2.24, 2.45) is 14.1 Å². The van der Waals surface area contributed by atoms with Crippen molar-refractivity contribution in [2.45, 2.75) is 144 Å². The molecule has 360 valence electrons. The molecule has 4 aromatic rings.